The molecular formula is C19H21FN2O5S. The Balaban J connectivity index is 1.97. The quantitative estimate of drug-likeness (QED) is 0.681. The van der Waals surface area contributed by atoms with E-state index in [0.717, 1.165) is 30.2 Å². The third kappa shape index (κ3) is 5.61. The number of hydrogen-bond donors (Lipinski definition) is 2. The highest BCUT2D eigenvalue weighted by atomic mass is 32.2. The summed E-state index contributed by atoms with van der Waals surface area (Å²) < 4.78 is 41.2. The fourth-order valence-corrected chi connectivity index (χ4v) is 2.99. The number of rotatable bonds is 7. The van der Waals surface area contributed by atoms with Crippen molar-refractivity contribution >= 4 is 21.9 Å². The van der Waals surface area contributed by atoms with Crippen LogP contribution in [0.1, 0.15) is 41.4 Å². The normalized spacial score (nSPS) is 12.3. The summed E-state index contributed by atoms with van der Waals surface area (Å²) in [5, 5.41) is 7.62. The minimum Gasteiger partial charge on any atom is -0.452 e. The second-order valence-corrected chi connectivity index (χ2v) is 7.71. The highest BCUT2D eigenvalue weighted by Gasteiger charge is 2.19. The number of ether oxygens (including phenoxy) is 1. The molecule has 7 nitrogen and oxygen atoms in total. The average molecular weight is 408 g/mol. The van der Waals surface area contributed by atoms with Crippen molar-refractivity contribution in [3.05, 3.63) is 65.0 Å². The first kappa shape index (κ1) is 21.5. The molecule has 0 spiro atoms. The number of carbonyl (C=O) groups is 2. The number of nitrogens with two attached hydrogens (primary N) is 1. The molecule has 1 atom stereocenters. The van der Waals surface area contributed by atoms with Gasteiger partial charge in [0.25, 0.3) is 5.91 Å². The van der Waals surface area contributed by atoms with Gasteiger partial charge in [-0.2, -0.15) is 0 Å². The monoisotopic (exact) mass is 408 g/mol. The lowest BCUT2D eigenvalue weighted by Gasteiger charge is -2.15. The maximum atomic E-state index is 13.8. The van der Waals surface area contributed by atoms with Crippen LogP contribution in [-0.2, 0) is 26.0 Å². The van der Waals surface area contributed by atoms with Crippen molar-refractivity contribution in [2.24, 2.45) is 5.14 Å². The lowest BCUT2D eigenvalue weighted by Crippen LogP contribution is -2.31. The minimum absolute atomic E-state index is 0.320. The van der Waals surface area contributed by atoms with E-state index in [1.807, 2.05) is 31.2 Å². The molecule has 0 aliphatic rings. The fraction of sp³-hybridized carbons (Fsp3) is 0.263. The first-order valence-corrected chi connectivity index (χ1v) is 10.0. The van der Waals surface area contributed by atoms with E-state index in [1.54, 1.807) is 6.92 Å². The van der Waals surface area contributed by atoms with Crippen LogP contribution in [0.15, 0.2) is 47.4 Å². The van der Waals surface area contributed by atoms with E-state index in [1.165, 1.54) is 5.56 Å². The molecule has 0 heterocycles. The van der Waals surface area contributed by atoms with Crippen LogP contribution in [0.25, 0.3) is 0 Å². The van der Waals surface area contributed by atoms with Gasteiger partial charge in [-0.25, -0.2) is 22.7 Å². The van der Waals surface area contributed by atoms with E-state index < -0.39 is 44.8 Å². The Kier molecular flexibility index (Phi) is 6.87. The van der Waals surface area contributed by atoms with Gasteiger partial charge in [-0.3, -0.25) is 4.79 Å². The molecule has 150 valence electrons. The number of hydrogen-bond acceptors (Lipinski definition) is 5. The second-order valence-electron chi connectivity index (χ2n) is 6.15. The maximum Gasteiger partial charge on any atom is 0.341 e. The molecule has 0 fully saturated rings. The first-order chi connectivity index (χ1) is 13.1. The second kappa shape index (κ2) is 8.94. The predicted octanol–water partition coefficient (Wildman–Crippen LogP) is 2.07. The maximum absolute atomic E-state index is 13.8. The van der Waals surface area contributed by atoms with Gasteiger partial charge in [0.15, 0.2) is 6.61 Å². The zero-order chi connectivity index (χ0) is 20.9. The highest BCUT2D eigenvalue weighted by Crippen LogP contribution is 2.16. The molecule has 0 aliphatic carbocycles. The molecule has 2 rings (SSSR count). The van der Waals surface area contributed by atoms with Crippen LogP contribution in [0.4, 0.5) is 4.39 Å². The average Bonchev–Trinajstić information content (AvgIpc) is 2.65. The molecule has 3 N–H and O–H groups in total. The van der Waals surface area contributed by atoms with Crippen molar-refractivity contribution in [2.75, 3.05) is 6.61 Å². The Morgan fingerprint density at radius 1 is 1.18 bits per heavy atom. The Morgan fingerprint density at radius 3 is 2.39 bits per heavy atom. The van der Waals surface area contributed by atoms with Crippen molar-refractivity contribution in [3.8, 4) is 0 Å². The highest BCUT2D eigenvalue weighted by molar-refractivity contribution is 7.89. The molecule has 0 unspecified atom stereocenters. The summed E-state index contributed by atoms with van der Waals surface area (Å²) in [4.78, 5) is 23.6. The van der Waals surface area contributed by atoms with E-state index >= 15 is 0 Å². The van der Waals surface area contributed by atoms with Crippen LogP contribution in [-0.4, -0.2) is 26.9 Å². The standard InChI is InChI=1S/C19H21FN2O5S/c1-3-13-4-6-14(7-5-13)12(2)22-18(23)11-27-19(24)16-10-15(28(21,25)26)8-9-17(16)20/h4-10,12H,3,11H2,1-2H3,(H,22,23)(H2,21,25,26)/t12-/m1/s1. The number of primary sulfonamides is 1. The Labute approximate surface area is 162 Å². The van der Waals surface area contributed by atoms with Crippen LogP contribution in [0.3, 0.4) is 0 Å². The van der Waals surface area contributed by atoms with Crippen LogP contribution in [0.5, 0.6) is 0 Å². The Bertz CT molecular complexity index is 974. The molecule has 0 aromatic heterocycles. The van der Waals surface area contributed by atoms with Crippen molar-refractivity contribution in [1.82, 2.24) is 5.32 Å². The molecule has 9 heteroatoms. The number of benzene rings is 2. The van der Waals surface area contributed by atoms with Crippen LogP contribution in [0, 0.1) is 5.82 Å². The van der Waals surface area contributed by atoms with Gasteiger partial charge in [0.05, 0.1) is 16.5 Å². The van der Waals surface area contributed by atoms with Gasteiger partial charge >= 0.3 is 5.97 Å². The van der Waals surface area contributed by atoms with Crippen molar-refractivity contribution in [2.45, 2.75) is 31.2 Å². The predicted molar refractivity (Wildman–Crippen MR) is 100 cm³/mol. The van der Waals surface area contributed by atoms with Gasteiger partial charge in [-0.05, 0) is 42.7 Å². The molecule has 0 bridgehead atoms. The lowest BCUT2D eigenvalue weighted by molar-refractivity contribution is -0.124. The van der Waals surface area contributed by atoms with E-state index in [9.17, 15) is 22.4 Å². The zero-order valence-electron chi connectivity index (χ0n) is 15.4. The topological polar surface area (TPSA) is 116 Å². The number of amides is 1. The Morgan fingerprint density at radius 2 is 1.82 bits per heavy atom. The molecule has 0 saturated carbocycles. The van der Waals surface area contributed by atoms with Gasteiger partial charge in [0, 0.05) is 0 Å². The van der Waals surface area contributed by atoms with Gasteiger partial charge in [0.2, 0.25) is 10.0 Å². The number of sulfonamides is 1. The van der Waals surface area contributed by atoms with E-state index in [4.69, 9.17) is 9.88 Å². The third-order valence-corrected chi connectivity index (χ3v) is 5.00. The fourth-order valence-electron chi connectivity index (χ4n) is 2.46. The number of nitrogens with one attached hydrogen (secondary N) is 1. The smallest absolute Gasteiger partial charge is 0.341 e. The van der Waals surface area contributed by atoms with Crippen LogP contribution >= 0.6 is 0 Å². The molecule has 0 aliphatic heterocycles. The summed E-state index contributed by atoms with van der Waals surface area (Å²) in [7, 11) is -4.11. The molecule has 2 aromatic rings. The summed E-state index contributed by atoms with van der Waals surface area (Å²) in [6.45, 7) is 3.17. The number of carbonyl (C=O) groups excluding carboxylic acids is 2. The molecule has 28 heavy (non-hydrogen) atoms. The van der Waals surface area contributed by atoms with E-state index in [-0.39, 0.29) is 6.04 Å². The zero-order valence-corrected chi connectivity index (χ0v) is 16.3. The SMILES string of the molecule is CCc1ccc([C@@H](C)NC(=O)COC(=O)c2cc(S(N)(=O)=O)ccc2F)cc1. The number of esters is 1. The molecular weight excluding hydrogens is 387 g/mol. The van der Waals surface area contributed by atoms with Crippen molar-refractivity contribution < 1.29 is 27.1 Å². The largest absolute Gasteiger partial charge is 0.452 e. The third-order valence-electron chi connectivity index (χ3n) is 4.09. The Hall–Kier alpha value is -2.78. The summed E-state index contributed by atoms with van der Waals surface area (Å²) >= 11 is 0. The molecule has 0 radical (unpaired) electrons. The summed E-state index contributed by atoms with van der Waals surface area (Å²) in [5.74, 6) is -2.73. The van der Waals surface area contributed by atoms with Gasteiger partial charge in [0.1, 0.15) is 5.82 Å². The summed E-state index contributed by atoms with van der Waals surface area (Å²) in [6.07, 6.45) is 0.903. The number of aryl methyl sites for hydroxylation is 1. The molecule has 2 aromatic carbocycles. The van der Waals surface area contributed by atoms with Crippen molar-refractivity contribution in [3.63, 3.8) is 0 Å². The van der Waals surface area contributed by atoms with Gasteiger partial charge in [-0.1, -0.05) is 31.2 Å². The van der Waals surface area contributed by atoms with Crippen LogP contribution < -0.4 is 10.5 Å². The van der Waals surface area contributed by atoms with Gasteiger partial charge < -0.3 is 10.1 Å². The molecule has 0 saturated heterocycles. The first-order valence-electron chi connectivity index (χ1n) is 8.49. The summed E-state index contributed by atoms with van der Waals surface area (Å²) in [5.41, 5.74) is 1.42. The van der Waals surface area contributed by atoms with Crippen LogP contribution in [0.2, 0.25) is 0 Å². The van der Waals surface area contributed by atoms with Gasteiger partial charge in [-0.15, -0.1) is 0 Å². The van der Waals surface area contributed by atoms with E-state index in [0.29, 0.717) is 0 Å². The minimum atomic E-state index is -4.11. The molecule has 1 amide bonds. The van der Waals surface area contributed by atoms with Crippen molar-refractivity contribution in [1.29, 1.82) is 0 Å². The number of halogens is 1. The summed E-state index contributed by atoms with van der Waals surface area (Å²) in [6, 6.07) is 9.87. The lowest BCUT2D eigenvalue weighted by atomic mass is 10.1. The van der Waals surface area contributed by atoms with E-state index in [2.05, 4.69) is 5.32 Å².